The van der Waals surface area contributed by atoms with Gasteiger partial charge in [-0.1, -0.05) is 70.4 Å². The molecule has 0 amide bonds. The largest absolute Gasteiger partial charge is 0.248 e. The number of nitrogens with zero attached hydrogens (tertiary/aromatic N) is 1. The number of benzene rings is 1. The molecular weight excluding hydrogens is 242 g/mol. The van der Waals surface area contributed by atoms with Gasteiger partial charge in [-0.05, 0) is 28.7 Å². The van der Waals surface area contributed by atoms with Gasteiger partial charge >= 0.3 is 0 Å². The maximum Gasteiger partial charge on any atom is 0.0712 e. The van der Waals surface area contributed by atoms with Crippen molar-refractivity contribution in [1.29, 1.82) is 0 Å². The second kappa shape index (κ2) is 5.46. The summed E-state index contributed by atoms with van der Waals surface area (Å²) in [5.41, 5.74) is 4.33. The second-order valence-electron chi connectivity index (χ2n) is 5.88. The molecule has 0 saturated carbocycles. The lowest BCUT2D eigenvalue weighted by atomic mass is 9.84. The minimum absolute atomic E-state index is 0.0672. The number of hydrogen-bond acceptors (Lipinski definition) is 1. The molecule has 0 N–H and O–H groups in total. The van der Waals surface area contributed by atoms with Gasteiger partial charge in [0, 0.05) is 5.39 Å². The lowest BCUT2D eigenvalue weighted by Gasteiger charge is -2.22. The molecule has 1 heterocycles. The van der Waals surface area contributed by atoms with E-state index in [9.17, 15) is 0 Å². The number of allylic oxidation sites excluding steroid dienone is 4. The van der Waals surface area contributed by atoms with E-state index in [1.54, 1.807) is 6.08 Å². The van der Waals surface area contributed by atoms with Crippen LogP contribution in [0.1, 0.15) is 32.0 Å². The first-order valence-corrected chi connectivity index (χ1v) is 6.83. The maximum absolute atomic E-state index is 4.75. The van der Waals surface area contributed by atoms with Crippen LogP contribution in [0.3, 0.4) is 0 Å². The summed E-state index contributed by atoms with van der Waals surface area (Å²) in [7, 11) is 0. The SMILES string of the molecule is C=C/C=C(\C=C)c1cc(C(C)(C)C)c2ccccc2n1. The molecule has 1 aromatic heterocycles. The van der Waals surface area contributed by atoms with Gasteiger partial charge in [-0.25, -0.2) is 4.98 Å². The Balaban J connectivity index is 2.80. The van der Waals surface area contributed by atoms with E-state index in [4.69, 9.17) is 4.98 Å². The standard InChI is InChI=1S/C19H21N/c1-6-10-14(7-2)18-13-16(19(3,4)5)15-11-8-9-12-17(15)20-18/h6-13H,1-2H2,3-5H3/b14-10+. The monoisotopic (exact) mass is 263 g/mol. The molecule has 1 aromatic carbocycles. The van der Waals surface area contributed by atoms with Gasteiger partial charge in [0.05, 0.1) is 11.2 Å². The van der Waals surface area contributed by atoms with Crippen molar-refractivity contribution in [3.8, 4) is 0 Å². The normalized spacial score (nSPS) is 12.4. The predicted molar refractivity (Wildman–Crippen MR) is 88.8 cm³/mol. The third-order valence-electron chi connectivity index (χ3n) is 3.34. The van der Waals surface area contributed by atoms with E-state index in [-0.39, 0.29) is 5.41 Å². The van der Waals surface area contributed by atoms with Gasteiger partial charge in [0.25, 0.3) is 0 Å². The van der Waals surface area contributed by atoms with E-state index >= 15 is 0 Å². The quantitative estimate of drug-likeness (QED) is 0.686. The number of fused-ring (bicyclic) bond motifs is 1. The summed E-state index contributed by atoms with van der Waals surface area (Å²) in [5.74, 6) is 0. The number of para-hydroxylation sites is 1. The van der Waals surface area contributed by atoms with Crippen molar-refractivity contribution in [3.05, 3.63) is 73.0 Å². The molecule has 0 aliphatic rings. The van der Waals surface area contributed by atoms with Crippen molar-refractivity contribution < 1.29 is 0 Å². The Kier molecular flexibility index (Phi) is 3.89. The van der Waals surface area contributed by atoms with Gasteiger partial charge < -0.3 is 0 Å². The van der Waals surface area contributed by atoms with Gasteiger partial charge in [-0.15, -0.1) is 0 Å². The zero-order chi connectivity index (χ0) is 14.8. The molecule has 2 aromatic rings. The first-order chi connectivity index (χ1) is 9.47. The van der Waals surface area contributed by atoms with Gasteiger partial charge in [-0.3, -0.25) is 0 Å². The number of rotatable bonds is 3. The highest BCUT2D eigenvalue weighted by Gasteiger charge is 2.18. The molecule has 0 bridgehead atoms. The lowest BCUT2D eigenvalue weighted by Crippen LogP contribution is -2.13. The maximum atomic E-state index is 4.75. The fourth-order valence-electron chi connectivity index (χ4n) is 2.33. The Bertz CT molecular complexity index is 684. The third kappa shape index (κ3) is 2.72. The number of hydrogen-bond donors (Lipinski definition) is 0. The van der Waals surface area contributed by atoms with Gasteiger partial charge in [0.2, 0.25) is 0 Å². The van der Waals surface area contributed by atoms with Crippen LogP contribution in [-0.2, 0) is 5.41 Å². The number of aromatic nitrogens is 1. The molecule has 0 fully saturated rings. The summed E-state index contributed by atoms with van der Waals surface area (Å²) in [6.45, 7) is 14.3. The molecule has 0 unspecified atom stereocenters. The van der Waals surface area contributed by atoms with E-state index in [0.29, 0.717) is 0 Å². The average molecular weight is 263 g/mol. The van der Waals surface area contributed by atoms with Crippen molar-refractivity contribution in [1.82, 2.24) is 4.98 Å². The van der Waals surface area contributed by atoms with E-state index in [0.717, 1.165) is 16.8 Å². The first-order valence-electron chi connectivity index (χ1n) is 6.83. The molecule has 0 aliphatic carbocycles. The molecule has 0 aliphatic heterocycles. The van der Waals surface area contributed by atoms with Crippen LogP contribution < -0.4 is 0 Å². The fraction of sp³-hybridized carbons (Fsp3) is 0.211. The van der Waals surface area contributed by atoms with Crippen LogP contribution in [0.25, 0.3) is 16.5 Å². The first kappa shape index (κ1) is 14.3. The molecule has 1 heteroatoms. The summed E-state index contributed by atoms with van der Waals surface area (Å²) < 4.78 is 0. The van der Waals surface area contributed by atoms with Crippen LogP contribution in [0, 0.1) is 0 Å². The zero-order valence-electron chi connectivity index (χ0n) is 12.5. The molecule has 0 radical (unpaired) electrons. The average Bonchev–Trinajstić information content (AvgIpc) is 2.42. The molecule has 102 valence electrons. The topological polar surface area (TPSA) is 12.9 Å². The van der Waals surface area contributed by atoms with E-state index in [1.807, 2.05) is 18.2 Å². The van der Waals surface area contributed by atoms with Crippen LogP contribution in [-0.4, -0.2) is 4.98 Å². The summed E-state index contributed by atoms with van der Waals surface area (Å²) in [5, 5.41) is 1.21. The van der Waals surface area contributed by atoms with Crippen LogP contribution in [0.4, 0.5) is 0 Å². The van der Waals surface area contributed by atoms with Crippen molar-refractivity contribution in [2.24, 2.45) is 0 Å². The van der Waals surface area contributed by atoms with Crippen molar-refractivity contribution in [3.63, 3.8) is 0 Å². The van der Waals surface area contributed by atoms with Crippen molar-refractivity contribution in [2.75, 3.05) is 0 Å². The molecule has 1 nitrogen and oxygen atoms in total. The molecule has 0 atom stereocenters. The van der Waals surface area contributed by atoms with Crippen molar-refractivity contribution in [2.45, 2.75) is 26.2 Å². The highest BCUT2D eigenvalue weighted by Crippen LogP contribution is 2.31. The van der Waals surface area contributed by atoms with Crippen LogP contribution >= 0.6 is 0 Å². The summed E-state index contributed by atoms with van der Waals surface area (Å²) >= 11 is 0. The molecular formula is C19H21N. The Morgan fingerprint density at radius 2 is 1.85 bits per heavy atom. The zero-order valence-corrected chi connectivity index (χ0v) is 12.5. The van der Waals surface area contributed by atoms with Gasteiger partial charge in [0.1, 0.15) is 0 Å². The van der Waals surface area contributed by atoms with Gasteiger partial charge in [-0.2, -0.15) is 0 Å². The fourth-order valence-corrected chi connectivity index (χ4v) is 2.33. The molecule has 0 saturated heterocycles. The van der Waals surface area contributed by atoms with E-state index < -0.39 is 0 Å². The summed E-state index contributed by atoms with van der Waals surface area (Å²) in [4.78, 5) is 4.75. The van der Waals surface area contributed by atoms with E-state index in [2.05, 4.69) is 58.2 Å². The molecule has 20 heavy (non-hydrogen) atoms. The predicted octanol–water partition coefficient (Wildman–Crippen LogP) is 5.29. The van der Waals surface area contributed by atoms with Crippen molar-refractivity contribution >= 4 is 16.5 Å². The van der Waals surface area contributed by atoms with Crippen LogP contribution in [0.5, 0.6) is 0 Å². The summed E-state index contributed by atoms with van der Waals surface area (Å²) in [6, 6.07) is 10.4. The highest BCUT2D eigenvalue weighted by molar-refractivity contribution is 5.86. The lowest BCUT2D eigenvalue weighted by molar-refractivity contribution is 0.595. The van der Waals surface area contributed by atoms with Crippen LogP contribution in [0.15, 0.2) is 61.7 Å². The molecule has 2 rings (SSSR count). The van der Waals surface area contributed by atoms with Crippen LogP contribution in [0.2, 0.25) is 0 Å². The molecule has 0 spiro atoms. The smallest absolute Gasteiger partial charge is 0.0712 e. The van der Waals surface area contributed by atoms with E-state index in [1.165, 1.54) is 10.9 Å². The number of pyridine rings is 1. The Morgan fingerprint density at radius 1 is 1.15 bits per heavy atom. The summed E-state index contributed by atoms with van der Waals surface area (Å²) in [6.07, 6.45) is 5.53. The Hall–Kier alpha value is -2.15. The minimum atomic E-state index is 0.0672. The Morgan fingerprint density at radius 3 is 2.45 bits per heavy atom. The van der Waals surface area contributed by atoms with Gasteiger partial charge in [0.15, 0.2) is 0 Å². The second-order valence-corrected chi connectivity index (χ2v) is 5.88. The third-order valence-corrected chi connectivity index (χ3v) is 3.34. The Labute approximate surface area is 121 Å². The minimum Gasteiger partial charge on any atom is -0.248 e. The highest BCUT2D eigenvalue weighted by atomic mass is 14.7.